The summed E-state index contributed by atoms with van der Waals surface area (Å²) in [5.74, 6) is 0.991. The SMILES string of the molecule is COc1cc2nc(CCC(N)=O)cc(C)c2cc1OC. The zero-order valence-electron chi connectivity index (χ0n) is 11.9. The van der Waals surface area contributed by atoms with E-state index in [9.17, 15) is 4.79 Å². The van der Waals surface area contributed by atoms with Gasteiger partial charge in [0.15, 0.2) is 11.5 Å². The average molecular weight is 274 g/mol. The smallest absolute Gasteiger partial charge is 0.217 e. The highest BCUT2D eigenvalue weighted by atomic mass is 16.5. The van der Waals surface area contributed by atoms with Crippen molar-refractivity contribution < 1.29 is 14.3 Å². The first kappa shape index (κ1) is 14.1. The van der Waals surface area contributed by atoms with Gasteiger partial charge in [0.1, 0.15) is 0 Å². The first-order chi connectivity index (χ1) is 9.55. The number of primary amides is 1. The molecular formula is C15H18N2O3. The van der Waals surface area contributed by atoms with Gasteiger partial charge in [-0.05, 0) is 31.0 Å². The molecule has 2 N–H and O–H groups in total. The summed E-state index contributed by atoms with van der Waals surface area (Å²) in [6.07, 6.45) is 0.839. The lowest BCUT2D eigenvalue weighted by molar-refractivity contribution is -0.118. The zero-order valence-corrected chi connectivity index (χ0v) is 11.9. The Hall–Kier alpha value is -2.30. The van der Waals surface area contributed by atoms with Crippen LogP contribution in [-0.4, -0.2) is 25.1 Å². The van der Waals surface area contributed by atoms with Crippen LogP contribution >= 0.6 is 0 Å². The van der Waals surface area contributed by atoms with Crippen LogP contribution in [0.5, 0.6) is 11.5 Å². The van der Waals surface area contributed by atoms with Crippen molar-refractivity contribution in [3.05, 3.63) is 29.5 Å². The molecule has 0 aliphatic heterocycles. The second kappa shape index (κ2) is 5.77. The maximum Gasteiger partial charge on any atom is 0.217 e. The lowest BCUT2D eigenvalue weighted by Gasteiger charge is -2.11. The lowest BCUT2D eigenvalue weighted by atomic mass is 10.1. The highest BCUT2D eigenvalue weighted by Gasteiger charge is 2.10. The van der Waals surface area contributed by atoms with Crippen molar-refractivity contribution in [2.24, 2.45) is 5.73 Å². The minimum absolute atomic E-state index is 0.297. The normalized spacial score (nSPS) is 10.6. The number of pyridine rings is 1. The number of fused-ring (bicyclic) bond motifs is 1. The summed E-state index contributed by atoms with van der Waals surface area (Å²) in [6, 6.07) is 5.72. The summed E-state index contributed by atoms with van der Waals surface area (Å²) in [7, 11) is 3.20. The van der Waals surface area contributed by atoms with E-state index in [2.05, 4.69) is 4.98 Å². The number of amides is 1. The maximum absolute atomic E-state index is 10.9. The number of aryl methyl sites for hydroxylation is 2. The van der Waals surface area contributed by atoms with Gasteiger partial charge < -0.3 is 15.2 Å². The molecule has 1 heterocycles. The van der Waals surface area contributed by atoms with Crippen molar-refractivity contribution in [2.75, 3.05) is 14.2 Å². The fourth-order valence-corrected chi connectivity index (χ4v) is 2.17. The van der Waals surface area contributed by atoms with Gasteiger partial charge in [-0.25, -0.2) is 0 Å². The molecule has 2 rings (SSSR count). The summed E-state index contributed by atoms with van der Waals surface area (Å²) in [4.78, 5) is 15.4. The second-order valence-corrected chi connectivity index (χ2v) is 4.62. The Labute approximate surface area is 117 Å². The third kappa shape index (κ3) is 2.82. The molecule has 0 unspecified atom stereocenters. The monoisotopic (exact) mass is 274 g/mol. The van der Waals surface area contributed by atoms with Crippen LogP contribution in [0.1, 0.15) is 17.7 Å². The number of ether oxygens (including phenoxy) is 2. The van der Waals surface area contributed by atoms with Crippen LogP contribution in [-0.2, 0) is 11.2 Å². The fourth-order valence-electron chi connectivity index (χ4n) is 2.17. The van der Waals surface area contributed by atoms with Crippen LogP contribution in [0.3, 0.4) is 0 Å². The van der Waals surface area contributed by atoms with E-state index in [1.54, 1.807) is 14.2 Å². The molecule has 1 aromatic heterocycles. The predicted molar refractivity (Wildman–Crippen MR) is 77.1 cm³/mol. The van der Waals surface area contributed by atoms with E-state index < -0.39 is 0 Å². The number of carbonyl (C=O) groups excluding carboxylic acids is 1. The van der Waals surface area contributed by atoms with Crippen molar-refractivity contribution in [3.63, 3.8) is 0 Å². The number of aromatic nitrogens is 1. The van der Waals surface area contributed by atoms with E-state index in [4.69, 9.17) is 15.2 Å². The number of carbonyl (C=O) groups is 1. The number of nitrogens with two attached hydrogens (primary N) is 1. The van der Waals surface area contributed by atoms with Crippen LogP contribution in [0, 0.1) is 6.92 Å². The van der Waals surface area contributed by atoms with Gasteiger partial charge in [-0.1, -0.05) is 0 Å². The zero-order chi connectivity index (χ0) is 14.7. The number of hydrogen-bond acceptors (Lipinski definition) is 4. The highest BCUT2D eigenvalue weighted by Crippen LogP contribution is 2.33. The Kier molecular flexibility index (Phi) is 4.08. The first-order valence-electron chi connectivity index (χ1n) is 6.35. The Morgan fingerprint density at radius 2 is 1.85 bits per heavy atom. The molecule has 0 radical (unpaired) electrons. The van der Waals surface area contributed by atoms with E-state index >= 15 is 0 Å². The maximum atomic E-state index is 10.9. The molecule has 2 aromatic rings. The van der Waals surface area contributed by atoms with Gasteiger partial charge in [0.2, 0.25) is 5.91 Å². The summed E-state index contributed by atoms with van der Waals surface area (Å²) < 4.78 is 10.6. The molecule has 0 spiro atoms. The highest BCUT2D eigenvalue weighted by molar-refractivity contribution is 5.86. The molecule has 0 aliphatic rings. The summed E-state index contributed by atoms with van der Waals surface area (Å²) in [5.41, 5.74) is 7.92. The summed E-state index contributed by atoms with van der Waals surface area (Å²) in [5, 5.41) is 1.01. The molecule has 20 heavy (non-hydrogen) atoms. The quantitative estimate of drug-likeness (QED) is 0.904. The van der Waals surface area contributed by atoms with Gasteiger partial charge in [0.05, 0.1) is 19.7 Å². The molecule has 106 valence electrons. The lowest BCUT2D eigenvalue weighted by Crippen LogP contribution is -2.11. The van der Waals surface area contributed by atoms with Crippen molar-refractivity contribution in [2.45, 2.75) is 19.8 Å². The third-order valence-corrected chi connectivity index (χ3v) is 3.20. The second-order valence-electron chi connectivity index (χ2n) is 4.62. The van der Waals surface area contributed by atoms with Crippen molar-refractivity contribution >= 4 is 16.8 Å². The van der Waals surface area contributed by atoms with E-state index in [0.717, 1.165) is 22.2 Å². The number of benzene rings is 1. The fraction of sp³-hybridized carbons (Fsp3) is 0.333. The molecule has 1 amide bonds. The van der Waals surface area contributed by atoms with Crippen molar-refractivity contribution in [3.8, 4) is 11.5 Å². The summed E-state index contributed by atoms with van der Waals surface area (Å²) >= 11 is 0. The molecule has 0 atom stereocenters. The largest absolute Gasteiger partial charge is 0.493 e. The van der Waals surface area contributed by atoms with Gasteiger partial charge >= 0.3 is 0 Å². The molecule has 0 bridgehead atoms. The van der Waals surface area contributed by atoms with Gasteiger partial charge in [0, 0.05) is 23.6 Å². The molecule has 0 saturated heterocycles. The molecule has 0 fully saturated rings. The van der Waals surface area contributed by atoms with Gasteiger partial charge in [-0.3, -0.25) is 9.78 Å². The number of nitrogens with zero attached hydrogens (tertiary/aromatic N) is 1. The standard InChI is InChI=1S/C15H18N2O3/c1-9-6-10(4-5-15(16)18)17-12-8-14(20-3)13(19-2)7-11(9)12/h6-8H,4-5H2,1-3H3,(H2,16,18). The molecule has 0 aliphatic carbocycles. The summed E-state index contributed by atoms with van der Waals surface area (Å²) in [6.45, 7) is 2.00. The van der Waals surface area contributed by atoms with E-state index in [1.807, 2.05) is 25.1 Å². The molecule has 0 saturated carbocycles. The van der Waals surface area contributed by atoms with Gasteiger partial charge in [-0.2, -0.15) is 0 Å². The molecule has 5 heteroatoms. The van der Waals surface area contributed by atoms with Gasteiger partial charge in [0.25, 0.3) is 0 Å². The van der Waals surface area contributed by atoms with Crippen LogP contribution in [0.25, 0.3) is 10.9 Å². The topological polar surface area (TPSA) is 74.4 Å². The molecular weight excluding hydrogens is 256 g/mol. The Bertz CT molecular complexity index is 653. The van der Waals surface area contributed by atoms with Crippen LogP contribution in [0.15, 0.2) is 18.2 Å². The van der Waals surface area contributed by atoms with Crippen molar-refractivity contribution in [1.29, 1.82) is 0 Å². The third-order valence-electron chi connectivity index (χ3n) is 3.20. The van der Waals surface area contributed by atoms with E-state index in [0.29, 0.717) is 24.3 Å². The van der Waals surface area contributed by atoms with Crippen LogP contribution in [0.4, 0.5) is 0 Å². The minimum atomic E-state index is -0.322. The number of hydrogen-bond donors (Lipinski definition) is 1. The van der Waals surface area contributed by atoms with E-state index in [-0.39, 0.29) is 5.91 Å². The van der Waals surface area contributed by atoms with Crippen LogP contribution < -0.4 is 15.2 Å². The predicted octanol–water partition coefficient (Wildman–Crippen LogP) is 1.98. The van der Waals surface area contributed by atoms with E-state index in [1.165, 1.54) is 0 Å². The van der Waals surface area contributed by atoms with Crippen molar-refractivity contribution in [1.82, 2.24) is 4.98 Å². The molecule has 5 nitrogen and oxygen atoms in total. The Balaban J connectivity index is 2.50. The Morgan fingerprint density at radius 1 is 1.20 bits per heavy atom. The molecule has 1 aromatic carbocycles. The number of methoxy groups -OCH3 is 2. The minimum Gasteiger partial charge on any atom is -0.493 e. The first-order valence-corrected chi connectivity index (χ1v) is 6.35. The average Bonchev–Trinajstić information content (AvgIpc) is 2.43. The Morgan fingerprint density at radius 3 is 2.45 bits per heavy atom. The number of rotatable bonds is 5. The van der Waals surface area contributed by atoms with Crippen LogP contribution in [0.2, 0.25) is 0 Å². The van der Waals surface area contributed by atoms with Gasteiger partial charge in [-0.15, -0.1) is 0 Å².